The largest absolute Gasteiger partial charge is 0.399 e. The van der Waals surface area contributed by atoms with E-state index >= 15 is 0 Å². The fourth-order valence-electron chi connectivity index (χ4n) is 1.35. The summed E-state index contributed by atoms with van der Waals surface area (Å²) >= 11 is 0. The molecule has 19 heavy (non-hydrogen) atoms. The topological polar surface area (TPSA) is 84.2 Å². The number of hydrogen-bond acceptors (Lipinski definition) is 3. The smallest absolute Gasteiger partial charge is 0.251 e. The first kappa shape index (κ1) is 17.2. The number of carbonyl (C=O) groups is 2. The van der Waals surface area contributed by atoms with Gasteiger partial charge in [0.05, 0.1) is 0 Å². The number of nitrogens with one attached hydrogen (secondary N) is 2. The maximum Gasteiger partial charge on any atom is 0.251 e. The van der Waals surface area contributed by atoms with Crippen molar-refractivity contribution >= 4 is 29.9 Å². The van der Waals surface area contributed by atoms with Crippen molar-refractivity contribution in [3.8, 4) is 0 Å². The highest BCUT2D eigenvalue weighted by atomic mass is 35.5. The lowest BCUT2D eigenvalue weighted by Crippen LogP contribution is -2.36. The molecular weight excluding hydrogens is 266 g/mol. The third kappa shape index (κ3) is 6.10. The van der Waals surface area contributed by atoms with Gasteiger partial charge in [0, 0.05) is 30.3 Å². The van der Waals surface area contributed by atoms with Gasteiger partial charge in [-0.25, -0.2) is 0 Å². The number of nitrogen functional groups attached to an aromatic ring is 1. The zero-order valence-electron chi connectivity index (χ0n) is 11.1. The molecule has 0 heterocycles. The van der Waals surface area contributed by atoms with E-state index in [1.54, 1.807) is 24.3 Å². The molecule has 0 fully saturated rings. The molecule has 6 heteroatoms. The third-order valence-electron chi connectivity index (χ3n) is 2.38. The van der Waals surface area contributed by atoms with Gasteiger partial charge in [-0.1, -0.05) is 19.9 Å². The van der Waals surface area contributed by atoms with Crippen LogP contribution in [0.3, 0.4) is 0 Å². The summed E-state index contributed by atoms with van der Waals surface area (Å²) in [6.45, 7) is 4.46. The number of anilines is 1. The van der Waals surface area contributed by atoms with Gasteiger partial charge in [-0.3, -0.25) is 9.59 Å². The number of nitrogens with two attached hydrogens (primary N) is 1. The second-order valence-electron chi connectivity index (χ2n) is 4.33. The third-order valence-corrected chi connectivity index (χ3v) is 2.38. The van der Waals surface area contributed by atoms with Crippen LogP contribution in [0.5, 0.6) is 0 Å². The minimum atomic E-state index is -0.193. The highest BCUT2D eigenvalue weighted by molar-refractivity contribution is 5.95. The molecular formula is C13H20ClN3O2. The summed E-state index contributed by atoms with van der Waals surface area (Å²) in [5.74, 6) is -0.260. The van der Waals surface area contributed by atoms with Crippen molar-refractivity contribution in [3.05, 3.63) is 29.8 Å². The maximum absolute atomic E-state index is 11.7. The van der Waals surface area contributed by atoms with Gasteiger partial charge in [0.1, 0.15) is 0 Å². The standard InChI is InChI=1S/C13H19N3O2.ClH/c1-9(2)12(17)15-6-7-16-13(18)10-4-3-5-11(14)8-10;/h3-5,8-9H,6-7,14H2,1-2H3,(H,15,17)(H,16,18);1H. The summed E-state index contributed by atoms with van der Waals surface area (Å²) in [6, 6.07) is 6.75. The minimum absolute atomic E-state index is 0. The zero-order chi connectivity index (χ0) is 13.5. The van der Waals surface area contributed by atoms with Crippen molar-refractivity contribution in [1.82, 2.24) is 10.6 Å². The van der Waals surface area contributed by atoms with Crippen LogP contribution in [-0.4, -0.2) is 24.9 Å². The zero-order valence-corrected chi connectivity index (χ0v) is 11.9. The van der Waals surface area contributed by atoms with Gasteiger partial charge in [0.25, 0.3) is 5.91 Å². The van der Waals surface area contributed by atoms with Gasteiger partial charge in [-0.2, -0.15) is 0 Å². The molecule has 0 saturated heterocycles. The lowest BCUT2D eigenvalue weighted by atomic mass is 10.2. The lowest BCUT2D eigenvalue weighted by molar-refractivity contribution is -0.123. The monoisotopic (exact) mass is 285 g/mol. The number of rotatable bonds is 5. The predicted octanol–water partition coefficient (Wildman–Crippen LogP) is 1.19. The average Bonchev–Trinajstić information content (AvgIpc) is 2.33. The van der Waals surface area contributed by atoms with Gasteiger partial charge in [-0.05, 0) is 18.2 Å². The van der Waals surface area contributed by atoms with E-state index in [2.05, 4.69) is 10.6 Å². The van der Waals surface area contributed by atoms with Crippen LogP contribution in [0.4, 0.5) is 5.69 Å². The van der Waals surface area contributed by atoms with Crippen LogP contribution in [0.25, 0.3) is 0 Å². The Bertz CT molecular complexity index is 436. The molecule has 0 saturated carbocycles. The Morgan fingerprint density at radius 2 is 1.84 bits per heavy atom. The van der Waals surface area contributed by atoms with Gasteiger partial charge in [-0.15, -0.1) is 12.4 Å². The molecule has 2 amide bonds. The quantitative estimate of drug-likeness (QED) is 0.561. The molecule has 0 atom stereocenters. The highest BCUT2D eigenvalue weighted by Gasteiger charge is 2.07. The van der Waals surface area contributed by atoms with E-state index in [4.69, 9.17) is 5.73 Å². The second kappa shape index (κ2) is 8.37. The molecule has 1 aromatic carbocycles. The molecule has 0 bridgehead atoms. The predicted molar refractivity (Wildman–Crippen MR) is 78.3 cm³/mol. The first-order chi connectivity index (χ1) is 8.50. The van der Waals surface area contributed by atoms with Crippen molar-refractivity contribution in [1.29, 1.82) is 0 Å². The van der Waals surface area contributed by atoms with E-state index in [1.807, 2.05) is 13.8 Å². The van der Waals surface area contributed by atoms with E-state index < -0.39 is 0 Å². The normalized spacial score (nSPS) is 9.63. The number of amides is 2. The van der Waals surface area contributed by atoms with Crippen molar-refractivity contribution in [3.63, 3.8) is 0 Å². The average molecular weight is 286 g/mol. The molecule has 4 N–H and O–H groups in total. The first-order valence-corrected chi connectivity index (χ1v) is 5.92. The van der Waals surface area contributed by atoms with Crippen LogP contribution in [0.2, 0.25) is 0 Å². The second-order valence-corrected chi connectivity index (χ2v) is 4.33. The molecule has 0 aliphatic heterocycles. The molecule has 0 unspecified atom stereocenters. The van der Waals surface area contributed by atoms with Crippen molar-refractivity contribution in [2.75, 3.05) is 18.8 Å². The van der Waals surface area contributed by atoms with E-state index in [-0.39, 0.29) is 30.1 Å². The summed E-state index contributed by atoms with van der Waals surface area (Å²) in [6.07, 6.45) is 0. The maximum atomic E-state index is 11.7. The van der Waals surface area contributed by atoms with E-state index in [9.17, 15) is 9.59 Å². The molecule has 0 aliphatic rings. The Morgan fingerprint density at radius 1 is 1.21 bits per heavy atom. The van der Waals surface area contributed by atoms with Crippen LogP contribution in [-0.2, 0) is 4.79 Å². The number of benzene rings is 1. The van der Waals surface area contributed by atoms with Gasteiger partial charge in [0.2, 0.25) is 5.91 Å². The Labute approximate surface area is 119 Å². The summed E-state index contributed by atoms with van der Waals surface area (Å²) in [4.78, 5) is 23.0. The van der Waals surface area contributed by atoms with E-state index in [0.29, 0.717) is 24.3 Å². The van der Waals surface area contributed by atoms with Gasteiger partial charge < -0.3 is 16.4 Å². The number of halogens is 1. The molecule has 1 rings (SSSR count). The Kier molecular flexibility index (Phi) is 7.60. The summed E-state index contributed by atoms with van der Waals surface area (Å²) in [5, 5.41) is 5.43. The molecule has 0 aliphatic carbocycles. The van der Waals surface area contributed by atoms with Crippen molar-refractivity contribution < 1.29 is 9.59 Å². The van der Waals surface area contributed by atoms with Crippen LogP contribution in [0.15, 0.2) is 24.3 Å². The fourth-order valence-corrected chi connectivity index (χ4v) is 1.35. The molecule has 5 nitrogen and oxygen atoms in total. The van der Waals surface area contributed by atoms with Gasteiger partial charge in [0.15, 0.2) is 0 Å². The summed E-state index contributed by atoms with van der Waals surface area (Å²) in [5.41, 5.74) is 6.66. The van der Waals surface area contributed by atoms with E-state index in [1.165, 1.54) is 0 Å². The molecule has 0 spiro atoms. The first-order valence-electron chi connectivity index (χ1n) is 5.92. The van der Waals surface area contributed by atoms with Crippen LogP contribution < -0.4 is 16.4 Å². The van der Waals surface area contributed by atoms with Crippen molar-refractivity contribution in [2.24, 2.45) is 5.92 Å². The highest BCUT2D eigenvalue weighted by Crippen LogP contribution is 2.05. The summed E-state index contributed by atoms with van der Waals surface area (Å²) in [7, 11) is 0. The number of hydrogen-bond donors (Lipinski definition) is 3. The lowest BCUT2D eigenvalue weighted by Gasteiger charge is -2.09. The number of carbonyl (C=O) groups excluding carboxylic acids is 2. The Balaban J connectivity index is 0.00000324. The summed E-state index contributed by atoms with van der Waals surface area (Å²) < 4.78 is 0. The van der Waals surface area contributed by atoms with Crippen LogP contribution in [0, 0.1) is 5.92 Å². The Hall–Kier alpha value is -1.75. The molecule has 106 valence electrons. The minimum Gasteiger partial charge on any atom is -0.399 e. The fraction of sp³-hybridized carbons (Fsp3) is 0.385. The molecule has 1 aromatic rings. The Morgan fingerprint density at radius 3 is 2.42 bits per heavy atom. The van der Waals surface area contributed by atoms with Crippen LogP contribution in [0.1, 0.15) is 24.2 Å². The SMILES string of the molecule is CC(C)C(=O)NCCNC(=O)c1cccc(N)c1.Cl. The van der Waals surface area contributed by atoms with Crippen molar-refractivity contribution in [2.45, 2.75) is 13.8 Å². The molecule has 0 aromatic heterocycles. The molecule has 0 radical (unpaired) electrons. The van der Waals surface area contributed by atoms with Crippen LogP contribution >= 0.6 is 12.4 Å². The van der Waals surface area contributed by atoms with E-state index in [0.717, 1.165) is 0 Å². The van der Waals surface area contributed by atoms with Gasteiger partial charge >= 0.3 is 0 Å².